The average molecular weight is 316 g/mol. The fourth-order valence-electron chi connectivity index (χ4n) is 3.99. The molecule has 0 N–H and O–H groups in total. The average Bonchev–Trinajstić information content (AvgIpc) is 3.03. The summed E-state index contributed by atoms with van der Waals surface area (Å²) in [7, 11) is 0. The first-order valence-electron chi connectivity index (χ1n) is 9.41. The lowest BCUT2D eigenvalue weighted by Gasteiger charge is -2.36. The normalized spacial score (nSPS) is 20.6. The zero-order chi connectivity index (χ0) is 16.2. The Morgan fingerprint density at radius 1 is 0.913 bits per heavy atom. The Bertz CT molecular complexity index is 498. The topological polar surface area (TPSA) is 9.72 Å². The molecule has 2 fully saturated rings. The Labute approximate surface area is 142 Å². The quantitative estimate of drug-likeness (QED) is 0.825. The molecule has 128 valence electrons. The minimum Gasteiger partial charge on any atom is -0.371 e. The maximum Gasteiger partial charge on any atom is 0.0412 e. The Morgan fingerprint density at radius 3 is 2.22 bits per heavy atom. The van der Waals surface area contributed by atoms with E-state index in [1.54, 1.807) is 0 Å². The fourth-order valence-corrected chi connectivity index (χ4v) is 3.99. The summed E-state index contributed by atoms with van der Waals surface area (Å²) in [6.07, 6.45) is 2.70. The van der Waals surface area contributed by atoms with Gasteiger partial charge in [-0.1, -0.05) is 31.5 Å². The van der Waals surface area contributed by atoms with Crippen LogP contribution in [0.4, 0.5) is 5.69 Å². The van der Waals surface area contributed by atoms with Gasteiger partial charge in [0.15, 0.2) is 0 Å². The third-order valence-electron chi connectivity index (χ3n) is 5.16. The highest BCUT2D eigenvalue weighted by Crippen LogP contribution is 2.27. The van der Waals surface area contributed by atoms with E-state index in [1.807, 2.05) is 0 Å². The third-order valence-corrected chi connectivity index (χ3v) is 5.16. The van der Waals surface area contributed by atoms with Crippen LogP contribution in [0.2, 0.25) is 0 Å². The van der Waals surface area contributed by atoms with Crippen LogP contribution in [-0.4, -0.2) is 55.6 Å². The van der Waals surface area contributed by atoms with E-state index in [-0.39, 0.29) is 0 Å². The van der Waals surface area contributed by atoms with Crippen molar-refractivity contribution >= 4 is 5.69 Å². The highest BCUT2D eigenvalue weighted by atomic mass is 15.3. The van der Waals surface area contributed by atoms with E-state index in [0.717, 1.165) is 12.5 Å². The molecule has 2 saturated heterocycles. The lowest BCUT2D eigenvalue weighted by Crippen LogP contribution is -2.47. The molecule has 0 bridgehead atoms. The van der Waals surface area contributed by atoms with Crippen LogP contribution in [0.1, 0.15) is 37.8 Å². The maximum absolute atomic E-state index is 2.64. The Morgan fingerprint density at radius 2 is 1.57 bits per heavy atom. The molecule has 1 aromatic rings. The van der Waals surface area contributed by atoms with Gasteiger partial charge in [0.1, 0.15) is 0 Å². The second-order valence-electron chi connectivity index (χ2n) is 7.80. The zero-order valence-corrected chi connectivity index (χ0v) is 15.2. The van der Waals surface area contributed by atoms with Crippen molar-refractivity contribution in [3.05, 3.63) is 29.3 Å². The number of hydrogen-bond donors (Lipinski definition) is 0. The third kappa shape index (κ3) is 4.48. The Kier molecular flexibility index (Phi) is 5.60. The molecule has 2 heterocycles. The summed E-state index contributed by atoms with van der Waals surface area (Å²) in [6, 6.07) is 7.04. The molecule has 1 aromatic carbocycles. The first-order valence-corrected chi connectivity index (χ1v) is 9.41. The largest absolute Gasteiger partial charge is 0.371 e. The number of anilines is 1. The molecule has 0 spiro atoms. The van der Waals surface area contributed by atoms with Gasteiger partial charge in [0.05, 0.1) is 0 Å². The van der Waals surface area contributed by atoms with Crippen molar-refractivity contribution in [2.24, 2.45) is 5.92 Å². The molecular weight excluding hydrogens is 282 g/mol. The second-order valence-corrected chi connectivity index (χ2v) is 7.80. The van der Waals surface area contributed by atoms with E-state index in [4.69, 9.17) is 0 Å². The molecule has 0 amide bonds. The molecule has 0 aliphatic carbocycles. The van der Waals surface area contributed by atoms with E-state index in [9.17, 15) is 0 Å². The number of rotatable bonds is 5. The molecule has 3 heteroatoms. The standard InChI is InChI=1S/C20H33N3/c1-17(2)15-21-10-12-22(13-11-21)16-19-14-18(3)6-7-20(19)23-8-4-5-9-23/h6-7,14,17H,4-5,8-13,15-16H2,1-3H3. The molecule has 0 aromatic heterocycles. The van der Waals surface area contributed by atoms with Crippen LogP contribution in [0.3, 0.4) is 0 Å². The molecule has 23 heavy (non-hydrogen) atoms. The molecule has 2 aliphatic heterocycles. The van der Waals surface area contributed by atoms with Crippen LogP contribution in [0.15, 0.2) is 18.2 Å². The molecule has 0 saturated carbocycles. The summed E-state index contributed by atoms with van der Waals surface area (Å²) in [6.45, 7) is 16.6. The number of nitrogens with zero attached hydrogens (tertiary/aromatic N) is 3. The first-order chi connectivity index (χ1) is 11.1. The monoisotopic (exact) mass is 315 g/mol. The Hall–Kier alpha value is -1.06. The lowest BCUT2D eigenvalue weighted by atomic mass is 10.1. The highest BCUT2D eigenvalue weighted by molar-refractivity contribution is 5.55. The van der Waals surface area contributed by atoms with Gasteiger partial charge in [0.2, 0.25) is 0 Å². The summed E-state index contributed by atoms with van der Waals surface area (Å²) < 4.78 is 0. The SMILES string of the molecule is Cc1ccc(N2CCCC2)c(CN2CCN(CC(C)C)CC2)c1. The lowest BCUT2D eigenvalue weighted by molar-refractivity contribution is 0.117. The van der Waals surface area contributed by atoms with Crippen LogP contribution in [0.5, 0.6) is 0 Å². The molecule has 3 rings (SSSR count). The summed E-state index contributed by atoms with van der Waals surface area (Å²) in [5.41, 5.74) is 4.41. The molecule has 0 radical (unpaired) electrons. The predicted molar refractivity (Wildman–Crippen MR) is 99.2 cm³/mol. The number of benzene rings is 1. The van der Waals surface area contributed by atoms with E-state index in [0.29, 0.717) is 0 Å². The van der Waals surface area contributed by atoms with Crippen LogP contribution < -0.4 is 4.90 Å². The highest BCUT2D eigenvalue weighted by Gasteiger charge is 2.20. The maximum atomic E-state index is 2.64. The van der Waals surface area contributed by atoms with Crippen LogP contribution >= 0.6 is 0 Å². The van der Waals surface area contributed by atoms with Gasteiger partial charge >= 0.3 is 0 Å². The molecule has 2 aliphatic rings. The van der Waals surface area contributed by atoms with Gasteiger partial charge < -0.3 is 9.80 Å². The van der Waals surface area contributed by atoms with Gasteiger partial charge in [0.25, 0.3) is 0 Å². The van der Waals surface area contributed by atoms with Gasteiger partial charge in [-0.05, 0) is 37.3 Å². The molecule has 0 atom stereocenters. The molecular formula is C20H33N3. The number of piperazine rings is 1. The summed E-state index contributed by atoms with van der Waals surface area (Å²) in [5, 5.41) is 0. The van der Waals surface area contributed by atoms with Crippen molar-refractivity contribution in [1.82, 2.24) is 9.80 Å². The van der Waals surface area contributed by atoms with Crippen LogP contribution in [-0.2, 0) is 6.54 Å². The predicted octanol–water partition coefficient (Wildman–Crippen LogP) is 3.37. The number of hydrogen-bond acceptors (Lipinski definition) is 3. The summed E-state index contributed by atoms with van der Waals surface area (Å²) in [5.74, 6) is 0.778. The minimum atomic E-state index is 0.778. The van der Waals surface area contributed by atoms with E-state index < -0.39 is 0 Å². The fraction of sp³-hybridized carbons (Fsp3) is 0.700. The van der Waals surface area contributed by atoms with Crippen LogP contribution in [0, 0.1) is 12.8 Å². The first kappa shape index (κ1) is 16.8. The van der Waals surface area contributed by atoms with Crippen molar-refractivity contribution in [2.45, 2.75) is 40.2 Å². The van der Waals surface area contributed by atoms with E-state index in [2.05, 4.69) is 53.7 Å². The van der Waals surface area contributed by atoms with E-state index >= 15 is 0 Å². The van der Waals surface area contributed by atoms with Crippen LogP contribution in [0.25, 0.3) is 0 Å². The van der Waals surface area contributed by atoms with Crippen molar-refractivity contribution < 1.29 is 0 Å². The van der Waals surface area contributed by atoms with Crippen molar-refractivity contribution in [3.63, 3.8) is 0 Å². The zero-order valence-electron chi connectivity index (χ0n) is 15.2. The summed E-state index contributed by atoms with van der Waals surface area (Å²) >= 11 is 0. The van der Waals surface area contributed by atoms with Crippen molar-refractivity contribution in [1.29, 1.82) is 0 Å². The molecule has 0 unspecified atom stereocenters. The van der Waals surface area contributed by atoms with Gasteiger partial charge in [-0.25, -0.2) is 0 Å². The van der Waals surface area contributed by atoms with Gasteiger partial charge in [-0.15, -0.1) is 0 Å². The molecule has 3 nitrogen and oxygen atoms in total. The van der Waals surface area contributed by atoms with Gasteiger partial charge in [-0.3, -0.25) is 4.90 Å². The Balaban J connectivity index is 1.62. The summed E-state index contributed by atoms with van der Waals surface area (Å²) in [4.78, 5) is 7.85. The van der Waals surface area contributed by atoms with Crippen molar-refractivity contribution in [3.8, 4) is 0 Å². The second kappa shape index (κ2) is 7.67. The minimum absolute atomic E-state index is 0.778. The van der Waals surface area contributed by atoms with E-state index in [1.165, 1.54) is 75.5 Å². The van der Waals surface area contributed by atoms with Gasteiger partial charge in [-0.2, -0.15) is 0 Å². The smallest absolute Gasteiger partial charge is 0.0412 e. The number of aryl methyl sites for hydroxylation is 1. The van der Waals surface area contributed by atoms with Crippen molar-refractivity contribution in [2.75, 3.05) is 50.7 Å². The van der Waals surface area contributed by atoms with Gasteiger partial charge in [0, 0.05) is 58.0 Å².